The van der Waals surface area contributed by atoms with Gasteiger partial charge in [-0.15, -0.1) is 0 Å². The summed E-state index contributed by atoms with van der Waals surface area (Å²) >= 11 is 0. The van der Waals surface area contributed by atoms with E-state index >= 15 is 0 Å². The number of hydrogen-bond acceptors (Lipinski definition) is 3. The first-order valence-electron chi connectivity index (χ1n) is 6.34. The molecule has 0 bridgehead atoms. The summed E-state index contributed by atoms with van der Waals surface area (Å²) in [5.74, 6) is 1.36. The Kier molecular flexibility index (Phi) is 14.0. The van der Waals surface area contributed by atoms with Crippen molar-refractivity contribution >= 4 is 59.2 Å². The first-order chi connectivity index (χ1) is 7.73. The number of phosphoric ester groups is 1. The van der Waals surface area contributed by atoms with Crippen molar-refractivity contribution in [2.24, 2.45) is 17.8 Å². The molecule has 0 spiro atoms. The third kappa shape index (κ3) is 14.2. The van der Waals surface area contributed by atoms with Crippen molar-refractivity contribution in [1.29, 1.82) is 0 Å². The van der Waals surface area contributed by atoms with Gasteiger partial charge in [-0.3, -0.25) is 9.05 Å². The Morgan fingerprint density at radius 3 is 2.06 bits per heavy atom. The molecule has 0 heterocycles. The molecule has 18 heavy (non-hydrogen) atoms. The Hall–Kier alpha value is 1.75. The van der Waals surface area contributed by atoms with E-state index in [1.807, 2.05) is 13.8 Å². The topological polar surface area (TPSA) is 55.8 Å². The molecule has 0 aliphatic carbocycles. The normalized spacial score (nSPS) is 16.4. The molecule has 0 aliphatic heterocycles. The summed E-state index contributed by atoms with van der Waals surface area (Å²) in [4.78, 5) is 9.37. The molecule has 0 rings (SSSR count). The number of rotatable bonds is 9. The second-order valence-corrected chi connectivity index (χ2v) is 6.97. The average Bonchev–Trinajstić information content (AvgIpc) is 2.13. The zero-order valence-electron chi connectivity index (χ0n) is 11.7. The molecule has 2 atom stereocenters. The molecule has 0 aromatic heterocycles. The van der Waals surface area contributed by atoms with Gasteiger partial charge in [0.05, 0.1) is 13.2 Å². The molecule has 0 amide bonds. The van der Waals surface area contributed by atoms with Gasteiger partial charge < -0.3 is 4.89 Å². The van der Waals surface area contributed by atoms with Crippen molar-refractivity contribution in [3.8, 4) is 0 Å². The van der Waals surface area contributed by atoms with Crippen LogP contribution in [0.4, 0.5) is 0 Å². The summed E-state index contributed by atoms with van der Waals surface area (Å²) in [5, 5.41) is 0. The van der Waals surface area contributed by atoms with Crippen molar-refractivity contribution in [2.75, 3.05) is 13.2 Å². The second-order valence-electron chi connectivity index (χ2n) is 5.51. The molecule has 1 N–H and O–H groups in total. The van der Waals surface area contributed by atoms with Crippen LogP contribution in [0.15, 0.2) is 0 Å². The minimum atomic E-state index is -3.84. The predicted molar refractivity (Wildman–Crippen MR) is 77.0 cm³/mol. The van der Waals surface area contributed by atoms with Gasteiger partial charge >= 0.3 is 59.2 Å². The third-order valence-corrected chi connectivity index (χ3v) is 3.29. The summed E-state index contributed by atoms with van der Waals surface area (Å²) in [5.41, 5.74) is 0. The Labute approximate surface area is 154 Å². The maximum atomic E-state index is 11.4. The standard InChI is InChI=1S/C12H27O4P.K.H/c1-10(2)8-12(5)6-7-15-17(13,14)16-9-11(3)4;;/h10-12H,6-9H2,1-5H3,(H,13,14);;. The van der Waals surface area contributed by atoms with Crippen molar-refractivity contribution < 1.29 is 18.5 Å². The van der Waals surface area contributed by atoms with Crippen molar-refractivity contribution in [3.05, 3.63) is 0 Å². The van der Waals surface area contributed by atoms with E-state index in [0.717, 1.165) is 12.8 Å². The Balaban J connectivity index is 0. The molecule has 0 fully saturated rings. The molecule has 4 nitrogen and oxygen atoms in total. The van der Waals surface area contributed by atoms with E-state index in [0.29, 0.717) is 11.8 Å². The monoisotopic (exact) mass is 306 g/mol. The fraction of sp³-hybridized carbons (Fsp3) is 1.00. The molecule has 0 aromatic carbocycles. The summed E-state index contributed by atoms with van der Waals surface area (Å²) in [6.45, 7) is 10.8. The van der Waals surface area contributed by atoms with Crippen LogP contribution in [0.3, 0.4) is 0 Å². The second kappa shape index (κ2) is 11.4. The van der Waals surface area contributed by atoms with Crippen molar-refractivity contribution in [3.63, 3.8) is 0 Å². The Bertz CT molecular complexity index is 246. The van der Waals surface area contributed by atoms with Crippen molar-refractivity contribution in [1.82, 2.24) is 0 Å². The van der Waals surface area contributed by atoms with Crippen LogP contribution in [0.1, 0.15) is 47.5 Å². The summed E-state index contributed by atoms with van der Waals surface area (Å²) in [7, 11) is -3.84. The molecule has 0 aromatic rings. The SMILES string of the molecule is CC(C)COP(=O)(O)OCCC(C)CC(C)C.[KH]. The minimum absolute atomic E-state index is 0. The molecular weight excluding hydrogens is 278 g/mol. The van der Waals surface area contributed by atoms with Gasteiger partial charge in [0.1, 0.15) is 0 Å². The van der Waals surface area contributed by atoms with E-state index in [1.54, 1.807) is 0 Å². The molecule has 106 valence electrons. The number of hydrogen-bond donors (Lipinski definition) is 1. The van der Waals surface area contributed by atoms with Gasteiger partial charge in [-0.1, -0.05) is 34.6 Å². The fourth-order valence-corrected chi connectivity index (χ4v) is 2.47. The van der Waals surface area contributed by atoms with Crippen molar-refractivity contribution in [2.45, 2.75) is 47.5 Å². The van der Waals surface area contributed by atoms with Crippen LogP contribution < -0.4 is 0 Å². The van der Waals surface area contributed by atoms with Gasteiger partial charge in [0.25, 0.3) is 0 Å². The summed E-state index contributed by atoms with van der Waals surface area (Å²) < 4.78 is 21.2. The van der Waals surface area contributed by atoms with Gasteiger partial charge in [0.2, 0.25) is 0 Å². The van der Waals surface area contributed by atoms with Gasteiger partial charge in [0.15, 0.2) is 0 Å². The summed E-state index contributed by atoms with van der Waals surface area (Å²) in [6.07, 6.45) is 1.89. The predicted octanol–water partition coefficient (Wildman–Crippen LogP) is 3.20. The molecule has 0 aliphatic rings. The first-order valence-corrected chi connectivity index (χ1v) is 7.84. The van der Waals surface area contributed by atoms with E-state index in [2.05, 4.69) is 20.8 Å². The zero-order chi connectivity index (χ0) is 13.5. The summed E-state index contributed by atoms with van der Waals surface area (Å²) in [6, 6.07) is 0. The van der Waals surface area contributed by atoms with E-state index in [-0.39, 0.29) is 70.5 Å². The van der Waals surface area contributed by atoms with Crippen LogP contribution >= 0.6 is 7.82 Å². The van der Waals surface area contributed by atoms with Gasteiger partial charge in [-0.2, -0.15) is 0 Å². The van der Waals surface area contributed by atoms with Gasteiger partial charge in [0, 0.05) is 0 Å². The van der Waals surface area contributed by atoms with Crippen LogP contribution in [-0.4, -0.2) is 69.5 Å². The van der Waals surface area contributed by atoms with Crippen LogP contribution in [0.2, 0.25) is 0 Å². The molecule has 0 saturated heterocycles. The van der Waals surface area contributed by atoms with E-state index in [1.165, 1.54) is 0 Å². The zero-order valence-corrected chi connectivity index (χ0v) is 12.6. The Morgan fingerprint density at radius 1 is 1.06 bits per heavy atom. The maximum absolute atomic E-state index is 11.4. The fourth-order valence-electron chi connectivity index (χ4n) is 1.57. The van der Waals surface area contributed by atoms with Gasteiger partial charge in [-0.05, 0) is 30.6 Å². The van der Waals surface area contributed by atoms with E-state index < -0.39 is 7.82 Å². The average molecular weight is 306 g/mol. The van der Waals surface area contributed by atoms with Gasteiger partial charge in [-0.25, -0.2) is 4.57 Å². The molecule has 6 heteroatoms. The molecule has 2 unspecified atom stereocenters. The van der Waals surface area contributed by atoms with Crippen LogP contribution in [0.5, 0.6) is 0 Å². The van der Waals surface area contributed by atoms with E-state index in [9.17, 15) is 9.46 Å². The third-order valence-electron chi connectivity index (χ3n) is 2.31. The van der Waals surface area contributed by atoms with Crippen LogP contribution in [-0.2, 0) is 13.6 Å². The van der Waals surface area contributed by atoms with E-state index in [4.69, 9.17) is 9.05 Å². The molecule has 0 saturated carbocycles. The first kappa shape index (κ1) is 22.0. The van der Waals surface area contributed by atoms with Crippen LogP contribution in [0, 0.1) is 17.8 Å². The van der Waals surface area contributed by atoms with Crippen LogP contribution in [0.25, 0.3) is 0 Å². The molecule has 0 radical (unpaired) electrons. The molecular formula is C12H28KO4P. The quantitative estimate of drug-likeness (QED) is 0.525. The Morgan fingerprint density at radius 2 is 1.61 bits per heavy atom. The number of phosphoric acid groups is 1.